The van der Waals surface area contributed by atoms with E-state index in [-0.39, 0.29) is 5.91 Å². The van der Waals surface area contributed by atoms with Crippen LogP contribution in [0.15, 0.2) is 24.4 Å². The maximum Gasteiger partial charge on any atom is 0.253 e. The Kier molecular flexibility index (Phi) is 2.11. The van der Waals surface area contributed by atoms with Crippen molar-refractivity contribution in [2.45, 2.75) is 6.42 Å². The molecule has 4 rings (SSSR count). The van der Waals surface area contributed by atoms with Crippen LogP contribution in [-0.2, 0) is 6.42 Å². The number of nitrogens with zero attached hydrogens (tertiary/aromatic N) is 1. The van der Waals surface area contributed by atoms with E-state index in [4.69, 9.17) is 11.6 Å². The molecule has 1 amide bonds. The summed E-state index contributed by atoms with van der Waals surface area (Å²) in [6, 6.07) is 5.77. The Balaban J connectivity index is 2.17. The molecule has 0 bridgehead atoms. The largest absolute Gasteiger partial charge is 0.357 e. The summed E-state index contributed by atoms with van der Waals surface area (Å²) < 4.78 is 0. The van der Waals surface area contributed by atoms with Crippen LogP contribution in [0, 0.1) is 0 Å². The number of carbonyl (C=O) groups excluding carboxylic acids is 1. The summed E-state index contributed by atoms with van der Waals surface area (Å²) in [6.45, 7) is 0.679. The summed E-state index contributed by atoms with van der Waals surface area (Å²) in [4.78, 5) is 19.4. The Morgan fingerprint density at radius 2 is 2.16 bits per heavy atom. The topological polar surface area (TPSA) is 57.8 Å². The van der Waals surface area contributed by atoms with Crippen LogP contribution in [0.25, 0.3) is 21.7 Å². The molecule has 94 valence electrons. The molecule has 1 aromatic carbocycles. The van der Waals surface area contributed by atoms with Crippen LogP contribution in [0.4, 0.5) is 0 Å². The first-order valence-corrected chi connectivity index (χ1v) is 6.49. The van der Waals surface area contributed by atoms with Gasteiger partial charge in [-0.2, -0.15) is 0 Å². The van der Waals surface area contributed by atoms with Crippen LogP contribution in [-0.4, -0.2) is 22.4 Å². The number of rotatable bonds is 0. The molecule has 2 N–H and O–H groups in total. The van der Waals surface area contributed by atoms with Crippen molar-refractivity contribution in [2.24, 2.45) is 0 Å². The van der Waals surface area contributed by atoms with Crippen LogP contribution < -0.4 is 5.32 Å². The molecule has 0 unspecified atom stereocenters. The number of fused-ring (bicyclic) bond motifs is 5. The molecule has 0 atom stereocenters. The van der Waals surface area contributed by atoms with E-state index >= 15 is 0 Å². The van der Waals surface area contributed by atoms with Gasteiger partial charge in [0.15, 0.2) is 0 Å². The average molecular weight is 272 g/mol. The van der Waals surface area contributed by atoms with Crippen molar-refractivity contribution >= 4 is 39.2 Å². The smallest absolute Gasteiger partial charge is 0.253 e. The third-order valence-electron chi connectivity index (χ3n) is 3.60. The van der Waals surface area contributed by atoms with Crippen molar-refractivity contribution in [1.82, 2.24) is 15.3 Å². The van der Waals surface area contributed by atoms with Crippen molar-refractivity contribution < 1.29 is 4.79 Å². The lowest BCUT2D eigenvalue weighted by atomic mass is 10.0. The second kappa shape index (κ2) is 3.71. The summed E-state index contributed by atoms with van der Waals surface area (Å²) in [6.07, 6.45) is 2.58. The van der Waals surface area contributed by atoms with Crippen molar-refractivity contribution in [3.63, 3.8) is 0 Å². The minimum Gasteiger partial charge on any atom is -0.357 e. The number of halogens is 1. The molecule has 0 spiro atoms. The lowest BCUT2D eigenvalue weighted by Gasteiger charge is -2.11. The first-order chi connectivity index (χ1) is 9.24. The minimum atomic E-state index is -0.00740. The van der Waals surface area contributed by atoms with Crippen LogP contribution >= 0.6 is 11.6 Å². The van der Waals surface area contributed by atoms with Gasteiger partial charge in [-0.15, -0.1) is 0 Å². The van der Waals surface area contributed by atoms with Crippen molar-refractivity contribution in [2.75, 3.05) is 6.54 Å². The standard InChI is InChI=1S/C14H10ClN3O/c15-11-5-9-7(6-17-11)1-2-8-12-10(18-13(8)9)3-4-16-14(12)19/h1-2,5-6,18H,3-4H2,(H,16,19). The summed E-state index contributed by atoms with van der Waals surface area (Å²) in [5, 5.41) is 6.29. The van der Waals surface area contributed by atoms with Gasteiger partial charge in [0.05, 0.1) is 11.1 Å². The molecule has 0 saturated carbocycles. The predicted molar refractivity (Wildman–Crippen MR) is 74.6 cm³/mol. The molecule has 3 aromatic rings. The number of pyridine rings is 1. The normalized spacial score (nSPS) is 14.7. The second-order valence-corrected chi connectivity index (χ2v) is 5.09. The third kappa shape index (κ3) is 1.47. The quantitative estimate of drug-likeness (QED) is 0.618. The highest BCUT2D eigenvalue weighted by atomic mass is 35.5. The van der Waals surface area contributed by atoms with Crippen molar-refractivity contribution in [1.29, 1.82) is 0 Å². The van der Waals surface area contributed by atoms with Crippen LogP contribution in [0.2, 0.25) is 5.15 Å². The molecule has 3 heterocycles. The van der Waals surface area contributed by atoms with Crippen LogP contribution in [0.5, 0.6) is 0 Å². The van der Waals surface area contributed by atoms with E-state index in [1.807, 2.05) is 18.2 Å². The Hall–Kier alpha value is -2.07. The number of aromatic amines is 1. The Morgan fingerprint density at radius 3 is 3.05 bits per heavy atom. The molecule has 0 radical (unpaired) electrons. The number of amides is 1. The number of carbonyl (C=O) groups is 1. The van der Waals surface area contributed by atoms with E-state index in [9.17, 15) is 4.79 Å². The van der Waals surface area contributed by atoms with E-state index < -0.39 is 0 Å². The van der Waals surface area contributed by atoms with E-state index in [1.165, 1.54) is 0 Å². The van der Waals surface area contributed by atoms with Gasteiger partial charge in [0, 0.05) is 41.0 Å². The van der Waals surface area contributed by atoms with Gasteiger partial charge in [-0.1, -0.05) is 23.7 Å². The second-order valence-electron chi connectivity index (χ2n) is 4.70. The molecular weight excluding hydrogens is 262 g/mol. The summed E-state index contributed by atoms with van der Waals surface area (Å²) in [5.74, 6) is -0.00740. The van der Waals surface area contributed by atoms with Gasteiger partial charge in [0.1, 0.15) is 5.15 Å². The zero-order chi connectivity index (χ0) is 13.0. The molecule has 0 aliphatic carbocycles. The fraction of sp³-hybridized carbons (Fsp3) is 0.143. The first-order valence-electron chi connectivity index (χ1n) is 6.11. The van der Waals surface area contributed by atoms with Gasteiger partial charge in [-0.3, -0.25) is 4.79 Å². The SMILES string of the molecule is O=C1NCCc2[nH]c3c(ccc4cnc(Cl)cc43)c21. The Bertz CT molecular complexity index is 837. The van der Waals surface area contributed by atoms with Gasteiger partial charge in [-0.25, -0.2) is 4.98 Å². The monoisotopic (exact) mass is 271 g/mol. The fourth-order valence-corrected chi connectivity index (χ4v) is 2.90. The van der Waals surface area contributed by atoms with Crippen LogP contribution in [0.1, 0.15) is 16.1 Å². The Morgan fingerprint density at radius 1 is 1.26 bits per heavy atom. The van der Waals surface area contributed by atoms with Gasteiger partial charge < -0.3 is 10.3 Å². The van der Waals surface area contributed by atoms with Gasteiger partial charge in [-0.05, 0) is 6.07 Å². The van der Waals surface area contributed by atoms with Gasteiger partial charge in [0.2, 0.25) is 0 Å². The van der Waals surface area contributed by atoms with Crippen molar-refractivity contribution in [3.05, 3.63) is 40.8 Å². The van der Waals surface area contributed by atoms with E-state index in [0.717, 1.165) is 39.4 Å². The molecule has 19 heavy (non-hydrogen) atoms. The maximum absolute atomic E-state index is 12.0. The van der Waals surface area contributed by atoms with E-state index in [2.05, 4.69) is 15.3 Å². The molecule has 0 fully saturated rings. The minimum absolute atomic E-state index is 0.00740. The molecular formula is C14H10ClN3O. The van der Waals surface area contributed by atoms with E-state index in [1.54, 1.807) is 6.20 Å². The van der Waals surface area contributed by atoms with E-state index in [0.29, 0.717) is 11.7 Å². The lowest BCUT2D eigenvalue weighted by Crippen LogP contribution is -2.31. The molecule has 1 aliphatic rings. The Labute approximate surface area is 113 Å². The van der Waals surface area contributed by atoms with Crippen molar-refractivity contribution in [3.8, 4) is 0 Å². The molecule has 1 aliphatic heterocycles. The number of aromatic nitrogens is 2. The number of H-pyrrole nitrogens is 1. The van der Waals surface area contributed by atoms with Gasteiger partial charge in [0.25, 0.3) is 5.91 Å². The fourth-order valence-electron chi connectivity index (χ4n) is 2.75. The number of hydrogen-bond donors (Lipinski definition) is 2. The summed E-state index contributed by atoms with van der Waals surface area (Å²) in [5.41, 5.74) is 2.72. The third-order valence-corrected chi connectivity index (χ3v) is 3.81. The lowest BCUT2D eigenvalue weighted by molar-refractivity contribution is 0.0947. The van der Waals surface area contributed by atoms with Gasteiger partial charge >= 0.3 is 0 Å². The first kappa shape index (κ1) is 10.8. The zero-order valence-corrected chi connectivity index (χ0v) is 10.7. The average Bonchev–Trinajstić information content (AvgIpc) is 2.79. The highest BCUT2D eigenvalue weighted by molar-refractivity contribution is 6.30. The number of hydrogen-bond acceptors (Lipinski definition) is 2. The summed E-state index contributed by atoms with van der Waals surface area (Å²) in [7, 11) is 0. The maximum atomic E-state index is 12.0. The predicted octanol–water partition coefficient (Wildman–Crippen LogP) is 2.66. The highest BCUT2D eigenvalue weighted by Crippen LogP contribution is 2.31. The zero-order valence-electron chi connectivity index (χ0n) is 9.96. The molecule has 2 aromatic heterocycles. The number of nitrogens with one attached hydrogen (secondary N) is 2. The number of benzene rings is 1. The summed E-state index contributed by atoms with van der Waals surface area (Å²) >= 11 is 5.97. The van der Waals surface area contributed by atoms with Crippen LogP contribution in [0.3, 0.4) is 0 Å². The molecule has 0 saturated heterocycles. The molecule has 4 nitrogen and oxygen atoms in total. The highest BCUT2D eigenvalue weighted by Gasteiger charge is 2.22. The molecule has 5 heteroatoms.